The number of nitrogens with two attached hydrogens (primary N) is 1. The van der Waals surface area contributed by atoms with E-state index in [1.165, 1.54) is 6.07 Å². The number of anilines is 1. The van der Waals surface area contributed by atoms with Gasteiger partial charge in [-0.05, 0) is 24.3 Å². The molecule has 0 saturated heterocycles. The van der Waals surface area contributed by atoms with Gasteiger partial charge in [-0.25, -0.2) is 4.98 Å². The lowest BCUT2D eigenvalue weighted by atomic mass is 10.4. The van der Waals surface area contributed by atoms with Gasteiger partial charge in [0.05, 0.1) is 5.75 Å². The first-order valence-electron chi connectivity index (χ1n) is 4.87. The van der Waals surface area contributed by atoms with Gasteiger partial charge in [0.15, 0.2) is 0 Å². The Balaban J connectivity index is 2.07. The van der Waals surface area contributed by atoms with Gasteiger partial charge in [0.1, 0.15) is 11.6 Å². The summed E-state index contributed by atoms with van der Waals surface area (Å²) < 4.78 is 1.04. The summed E-state index contributed by atoms with van der Waals surface area (Å²) in [7, 11) is 0. The van der Waals surface area contributed by atoms with E-state index in [0.29, 0.717) is 11.6 Å². The minimum atomic E-state index is -0.219. The molecule has 0 aliphatic heterocycles. The van der Waals surface area contributed by atoms with Crippen LogP contribution in [0.5, 0.6) is 0 Å². The van der Waals surface area contributed by atoms with Gasteiger partial charge in [0, 0.05) is 15.4 Å². The van der Waals surface area contributed by atoms with Gasteiger partial charge in [0.25, 0.3) is 5.56 Å². The summed E-state index contributed by atoms with van der Waals surface area (Å²) in [6.07, 6.45) is 0. The quantitative estimate of drug-likeness (QED) is 0.854. The minimum absolute atomic E-state index is 0.219. The van der Waals surface area contributed by atoms with Crippen LogP contribution in [0.3, 0.4) is 0 Å². The fourth-order valence-corrected chi connectivity index (χ4v) is 2.31. The number of aromatic amines is 1. The molecule has 0 bridgehead atoms. The van der Waals surface area contributed by atoms with Crippen LogP contribution in [0.15, 0.2) is 44.5 Å². The molecule has 6 heteroatoms. The number of nitrogens with zero attached hydrogens (tertiary/aromatic N) is 1. The van der Waals surface area contributed by atoms with Gasteiger partial charge in [0.2, 0.25) is 0 Å². The van der Waals surface area contributed by atoms with Crippen molar-refractivity contribution in [2.24, 2.45) is 0 Å². The number of halogens is 1. The van der Waals surface area contributed by atoms with E-state index in [4.69, 9.17) is 5.73 Å². The Labute approximate surface area is 111 Å². The predicted octanol–water partition coefficient (Wildman–Crippen LogP) is 2.41. The zero-order chi connectivity index (χ0) is 12.3. The van der Waals surface area contributed by atoms with Gasteiger partial charge in [-0.3, -0.25) is 4.79 Å². The van der Waals surface area contributed by atoms with Crippen LogP contribution in [0.2, 0.25) is 0 Å². The van der Waals surface area contributed by atoms with E-state index in [0.717, 1.165) is 9.37 Å². The summed E-state index contributed by atoms with van der Waals surface area (Å²) in [5.74, 6) is 1.42. The number of hydrogen-bond donors (Lipinski definition) is 2. The number of aromatic nitrogens is 2. The summed E-state index contributed by atoms with van der Waals surface area (Å²) >= 11 is 4.97. The lowest BCUT2D eigenvalue weighted by molar-refractivity contribution is 1.01. The first kappa shape index (κ1) is 12.2. The van der Waals surface area contributed by atoms with Crippen LogP contribution in [0.1, 0.15) is 5.82 Å². The van der Waals surface area contributed by atoms with Crippen molar-refractivity contribution in [1.29, 1.82) is 0 Å². The molecule has 88 valence electrons. The summed E-state index contributed by atoms with van der Waals surface area (Å²) in [5.41, 5.74) is 5.28. The largest absolute Gasteiger partial charge is 0.383 e. The molecule has 1 aromatic carbocycles. The molecule has 0 fully saturated rings. The fraction of sp³-hybridized carbons (Fsp3) is 0.0909. The molecule has 0 aliphatic rings. The van der Waals surface area contributed by atoms with Crippen LogP contribution in [0.4, 0.5) is 5.82 Å². The highest BCUT2D eigenvalue weighted by Crippen LogP contribution is 2.22. The summed E-state index contributed by atoms with van der Waals surface area (Å²) in [6.45, 7) is 0. The van der Waals surface area contributed by atoms with Crippen LogP contribution >= 0.6 is 27.7 Å². The first-order valence-corrected chi connectivity index (χ1v) is 6.65. The standard InChI is InChI=1S/C11H10BrN3OS/c12-7-1-3-8(4-2-7)17-6-10-14-9(13)5-11(16)15-10/h1-5H,6H2,(H3,13,14,15,16). The topological polar surface area (TPSA) is 71.8 Å². The number of benzene rings is 1. The Morgan fingerprint density at radius 1 is 1.35 bits per heavy atom. The molecule has 3 N–H and O–H groups in total. The second-order valence-electron chi connectivity index (χ2n) is 3.36. The maximum atomic E-state index is 11.2. The van der Waals surface area contributed by atoms with E-state index >= 15 is 0 Å². The van der Waals surface area contributed by atoms with Gasteiger partial charge in [-0.2, -0.15) is 0 Å². The second kappa shape index (κ2) is 5.37. The third-order valence-corrected chi connectivity index (χ3v) is 3.55. The van der Waals surface area contributed by atoms with Gasteiger partial charge >= 0.3 is 0 Å². The maximum absolute atomic E-state index is 11.2. The molecule has 4 nitrogen and oxygen atoms in total. The first-order chi connectivity index (χ1) is 8.13. The fourth-order valence-electron chi connectivity index (χ4n) is 1.28. The molecule has 17 heavy (non-hydrogen) atoms. The van der Waals surface area contributed by atoms with E-state index in [-0.39, 0.29) is 11.4 Å². The molecule has 0 radical (unpaired) electrons. The minimum Gasteiger partial charge on any atom is -0.383 e. The molecule has 2 rings (SSSR count). The monoisotopic (exact) mass is 311 g/mol. The number of rotatable bonds is 3. The molecule has 0 aliphatic carbocycles. The summed E-state index contributed by atoms with van der Waals surface area (Å²) in [5, 5.41) is 0. The van der Waals surface area contributed by atoms with E-state index in [9.17, 15) is 4.79 Å². The van der Waals surface area contributed by atoms with E-state index in [1.807, 2.05) is 24.3 Å². The molecule has 1 aromatic heterocycles. The lowest BCUT2D eigenvalue weighted by Gasteiger charge is -2.02. The van der Waals surface area contributed by atoms with Crippen LogP contribution < -0.4 is 11.3 Å². The van der Waals surface area contributed by atoms with Crippen LogP contribution in [0, 0.1) is 0 Å². The zero-order valence-electron chi connectivity index (χ0n) is 8.81. The van der Waals surface area contributed by atoms with Crippen LogP contribution in [-0.4, -0.2) is 9.97 Å². The number of nitrogen functional groups attached to an aromatic ring is 1. The third-order valence-electron chi connectivity index (χ3n) is 2.00. The van der Waals surface area contributed by atoms with E-state index < -0.39 is 0 Å². The summed E-state index contributed by atoms with van der Waals surface area (Å²) in [6, 6.07) is 9.21. The van der Waals surface area contributed by atoms with Crippen molar-refractivity contribution in [3.8, 4) is 0 Å². The Morgan fingerprint density at radius 3 is 2.71 bits per heavy atom. The number of H-pyrrole nitrogens is 1. The summed E-state index contributed by atoms with van der Waals surface area (Å²) in [4.78, 5) is 19.0. The average Bonchev–Trinajstić information content (AvgIpc) is 2.27. The Bertz CT molecular complexity index is 568. The molecule has 0 saturated carbocycles. The smallest absolute Gasteiger partial charge is 0.252 e. The highest BCUT2D eigenvalue weighted by atomic mass is 79.9. The average molecular weight is 312 g/mol. The molecular weight excluding hydrogens is 302 g/mol. The van der Waals surface area contributed by atoms with E-state index in [2.05, 4.69) is 25.9 Å². The molecular formula is C11H10BrN3OS. The Morgan fingerprint density at radius 2 is 2.06 bits per heavy atom. The van der Waals surface area contributed by atoms with Crippen LogP contribution in [-0.2, 0) is 5.75 Å². The lowest BCUT2D eigenvalue weighted by Crippen LogP contribution is -2.11. The third kappa shape index (κ3) is 3.61. The van der Waals surface area contributed by atoms with Crippen LogP contribution in [0.25, 0.3) is 0 Å². The molecule has 0 amide bonds. The van der Waals surface area contributed by atoms with Gasteiger partial charge in [-0.15, -0.1) is 11.8 Å². The molecule has 0 spiro atoms. The maximum Gasteiger partial charge on any atom is 0.252 e. The number of nitrogens with one attached hydrogen (secondary N) is 1. The number of thioether (sulfide) groups is 1. The predicted molar refractivity (Wildman–Crippen MR) is 73.0 cm³/mol. The Hall–Kier alpha value is -1.27. The molecule has 1 heterocycles. The van der Waals surface area contributed by atoms with Crippen molar-refractivity contribution in [2.45, 2.75) is 10.6 Å². The second-order valence-corrected chi connectivity index (χ2v) is 5.32. The number of hydrogen-bond acceptors (Lipinski definition) is 4. The normalized spacial score (nSPS) is 10.4. The highest BCUT2D eigenvalue weighted by molar-refractivity contribution is 9.10. The Kier molecular flexibility index (Phi) is 3.86. The van der Waals surface area contributed by atoms with Crippen molar-refractivity contribution >= 4 is 33.5 Å². The van der Waals surface area contributed by atoms with Crippen molar-refractivity contribution < 1.29 is 0 Å². The van der Waals surface area contributed by atoms with Crippen molar-refractivity contribution in [1.82, 2.24) is 9.97 Å². The van der Waals surface area contributed by atoms with Crippen molar-refractivity contribution in [3.05, 3.63) is 51.0 Å². The SMILES string of the molecule is Nc1cc(=O)[nH]c(CSc2ccc(Br)cc2)n1. The molecule has 2 aromatic rings. The molecule has 0 unspecified atom stereocenters. The van der Waals surface area contributed by atoms with Crippen molar-refractivity contribution in [3.63, 3.8) is 0 Å². The molecule has 0 atom stereocenters. The van der Waals surface area contributed by atoms with E-state index in [1.54, 1.807) is 11.8 Å². The van der Waals surface area contributed by atoms with Gasteiger partial charge in [-0.1, -0.05) is 15.9 Å². The van der Waals surface area contributed by atoms with Crippen molar-refractivity contribution in [2.75, 3.05) is 5.73 Å². The highest BCUT2D eigenvalue weighted by Gasteiger charge is 2.00. The van der Waals surface area contributed by atoms with Gasteiger partial charge < -0.3 is 10.7 Å². The zero-order valence-corrected chi connectivity index (χ0v) is 11.2.